The van der Waals surface area contributed by atoms with Crippen molar-refractivity contribution in [2.45, 2.75) is 33.2 Å². The van der Waals surface area contributed by atoms with Crippen LogP contribution in [0.25, 0.3) is 0 Å². The zero-order chi connectivity index (χ0) is 17.8. The van der Waals surface area contributed by atoms with E-state index in [1.807, 2.05) is 30.3 Å². The van der Waals surface area contributed by atoms with Gasteiger partial charge in [-0.05, 0) is 62.1 Å². The molecular weight excluding hydrogens is 332 g/mol. The maximum atomic E-state index is 12.7. The van der Waals surface area contributed by atoms with E-state index in [4.69, 9.17) is 11.6 Å². The molecule has 0 aromatic heterocycles. The molecule has 4 heteroatoms. The number of hydrogen-bond donors (Lipinski definition) is 1. The van der Waals surface area contributed by atoms with Gasteiger partial charge in [0.2, 0.25) is 5.91 Å². The van der Waals surface area contributed by atoms with Gasteiger partial charge in [0.05, 0.1) is 5.92 Å². The number of hydrogen-bond acceptors (Lipinski definition) is 2. The number of rotatable bonds is 4. The number of likely N-dealkylation sites (tertiary alicyclic amines) is 1. The lowest BCUT2D eigenvalue weighted by Gasteiger charge is -2.32. The predicted octanol–water partition coefficient (Wildman–Crippen LogP) is 4.81. The van der Waals surface area contributed by atoms with Gasteiger partial charge < -0.3 is 5.32 Å². The Labute approximate surface area is 155 Å². The van der Waals surface area contributed by atoms with Crippen LogP contribution in [0.4, 0.5) is 5.69 Å². The summed E-state index contributed by atoms with van der Waals surface area (Å²) in [5, 5.41) is 3.92. The smallest absolute Gasteiger partial charge is 0.228 e. The highest BCUT2D eigenvalue weighted by Crippen LogP contribution is 2.24. The fraction of sp³-hybridized carbons (Fsp3) is 0.381. The van der Waals surface area contributed by atoms with Crippen LogP contribution in [-0.2, 0) is 11.3 Å². The van der Waals surface area contributed by atoms with Gasteiger partial charge in [0, 0.05) is 23.8 Å². The minimum Gasteiger partial charge on any atom is -0.326 e. The summed E-state index contributed by atoms with van der Waals surface area (Å²) in [4.78, 5) is 15.1. The maximum absolute atomic E-state index is 12.7. The van der Waals surface area contributed by atoms with Crippen molar-refractivity contribution < 1.29 is 4.79 Å². The van der Waals surface area contributed by atoms with E-state index in [0.29, 0.717) is 0 Å². The summed E-state index contributed by atoms with van der Waals surface area (Å²) in [5.74, 6) is 0.147. The molecule has 2 aromatic carbocycles. The van der Waals surface area contributed by atoms with Gasteiger partial charge in [-0.3, -0.25) is 9.69 Å². The summed E-state index contributed by atoms with van der Waals surface area (Å²) >= 11 is 6.28. The number of anilines is 1. The Morgan fingerprint density at radius 2 is 2.00 bits per heavy atom. The molecule has 1 N–H and O–H groups in total. The van der Waals surface area contributed by atoms with Gasteiger partial charge >= 0.3 is 0 Å². The number of carbonyl (C=O) groups is 1. The zero-order valence-corrected chi connectivity index (χ0v) is 15.6. The summed E-state index contributed by atoms with van der Waals surface area (Å²) < 4.78 is 0. The fourth-order valence-corrected chi connectivity index (χ4v) is 3.60. The summed E-state index contributed by atoms with van der Waals surface area (Å²) in [6, 6.07) is 14.0. The number of aryl methyl sites for hydroxylation is 1. The molecule has 0 spiro atoms. The molecule has 1 fully saturated rings. The molecule has 0 radical (unpaired) electrons. The van der Waals surface area contributed by atoms with Gasteiger partial charge in [0.15, 0.2) is 0 Å². The lowest BCUT2D eigenvalue weighted by atomic mass is 9.96. The normalized spacial score (nSPS) is 18.1. The standard InChI is InChI=1S/C21H25ClN2O/c1-15-7-5-11-20(16(15)2)23-21(25)18-9-6-12-24(14-18)13-17-8-3-4-10-19(17)22/h3-5,7-8,10-11,18H,6,9,12-14H2,1-2H3,(H,23,25)/t18-/m0/s1. The fourth-order valence-electron chi connectivity index (χ4n) is 3.40. The van der Waals surface area contributed by atoms with Crippen molar-refractivity contribution in [2.75, 3.05) is 18.4 Å². The van der Waals surface area contributed by atoms with Crippen LogP contribution >= 0.6 is 11.6 Å². The van der Waals surface area contributed by atoms with E-state index in [1.54, 1.807) is 0 Å². The summed E-state index contributed by atoms with van der Waals surface area (Å²) in [5.41, 5.74) is 4.38. The number of amides is 1. The molecule has 0 unspecified atom stereocenters. The van der Waals surface area contributed by atoms with E-state index in [1.165, 1.54) is 5.56 Å². The molecule has 0 aliphatic carbocycles. The summed E-state index contributed by atoms with van der Waals surface area (Å²) in [7, 11) is 0. The first kappa shape index (κ1) is 18.0. The molecule has 3 rings (SSSR count). The molecule has 1 aliphatic rings. The third kappa shape index (κ3) is 4.42. The third-order valence-electron chi connectivity index (χ3n) is 5.09. The largest absolute Gasteiger partial charge is 0.326 e. The highest BCUT2D eigenvalue weighted by atomic mass is 35.5. The van der Waals surface area contributed by atoms with E-state index >= 15 is 0 Å². The van der Waals surface area contributed by atoms with E-state index < -0.39 is 0 Å². The van der Waals surface area contributed by atoms with E-state index in [-0.39, 0.29) is 11.8 Å². The number of nitrogens with one attached hydrogen (secondary N) is 1. The first-order valence-corrected chi connectivity index (χ1v) is 9.25. The average Bonchev–Trinajstić information content (AvgIpc) is 2.61. The second-order valence-electron chi connectivity index (χ2n) is 6.90. The molecule has 1 heterocycles. The van der Waals surface area contributed by atoms with Gasteiger partial charge in [-0.25, -0.2) is 0 Å². The second kappa shape index (κ2) is 8.03. The topological polar surface area (TPSA) is 32.3 Å². The third-order valence-corrected chi connectivity index (χ3v) is 5.46. The van der Waals surface area contributed by atoms with Crippen molar-refractivity contribution in [2.24, 2.45) is 5.92 Å². The Kier molecular flexibility index (Phi) is 5.77. The average molecular weight is 357 g/mol. The van der Waals surface area contributed by atoms with Crippen molar-refractivity contribution in [3.05, 3.63) is 64.2 Å². The van der Waals surface area contributed by atoms with Crippen molar-refractivity contribution in [1.29, 1.82) is 0 Å². The lowest BCUT2D eigenvalue weighted by Crippen LogP contribution is -2.40. The molecule has 0 saturated carbocycles. The van der Waals surface area contributed by atoms with Crippen LogP contribution in [0.3, 0.4) is 0 Å². The van der Waals surface area contributed by atoms with E-state index in [2.05, 4.69) is 36.2 Å². The number of carbonyl (C=O) groups excluding carboxylic acids is 1. The van der Waals surface area contributed by atoms with Crippen LogP contribution in [0.5, 0.6) is 0 Å². The Bertz CT molecular complexity index is 759. The first-order chi connectivity index (χ1) is 12.0. The van der Waals surface area contributed by atoms with Crippen molar-refractivity contribution in [3.8, 4) is 0 Å². The number of benzene rings is 2. The van der Waals surface area contributed by atoms with E-state index in [9.17, 15) is 4.79 Å². The molecular formula is C21H25ClN2O. The number of nitrogens with zero attached hydrogens (tertiary/aromatic N) is 1. The lowest BCUT2D eigenvalue weighted by molar-refractivity contribution is -0.121. The first-order valence-electron chi connectivity index (χ1n) is 8.87. The molecule has 0 bridgehead atoms. The Morgan fingerprint density at radius 3 is 2.80 bits per heavy atom. The Morgan fingerprint density at radius 1 is 1.20 bits per heavy atom. The van der Waals surface area contributed by atoms with Crippen LogP contribution in [0.1, 0.15) is 29.5 Å². The Balaban J connectivity index is 1.63. The Hall–Kier alpha value is -1.84. The molecule has 1 saturated heterocycles. The summed E-state index contributed by atoms with van der Waals surface area (Å²) in [6.45, 7) is 6.71. The minimum atomic E-state index is 0.0242. The monoisotopic (exact) mass is 356 g/mol. The van der Waals surface area contributed by atoms with Gasteiger partial charge in [-0.2, -0.15) is 0 Å². The zero-order valence-electron chi connectivity index (χ0n) is 14.9. The van der Waals surface area contributed by atoms with E-state index in [0.717, 1.165) is 54.3 Å². The van der Waals surface area contributed by atoms with Gasteiger partial charge in [-0.15, -0.1) is 0 Å². The summed E-state index contributed by atoms with van der Waals surface area (Å²) in [6.07, 6.45) is 1.98. The van der Waals surface area contributed by atoms with Crippen LogP contribution in [0.2, 0.25) is 5.02 Å². The van der Waals surface area contributed by atoms with Crippen molar-refractivity contribution in [1.82, 2.24) is 4.90 Å². The SMILES string of the molecule is Cc1cccc(NC(=O)[C@H]2CCCN(Cc3ccccc3Cl)C2)c1C. The molecule has 25 heavy (non-hydrogen) atoms. The van der Waals surface area contributed by atoms with Crippen molar-refractivity contribution in [3.63, 3.8) is 0 Å². The highest BCUT2D eigenvalue weighted by molar-refractivity contribution is 6.31. The number of piperidine rings is 1. The minimum absolute atomic E-state index is 0.0242. The van der Waals surface area contributed by atoms with Crippen LogP contribution < -0.4 is 5.32 Å². The quantitative estimate of drug-likeness (QED) is 0.852. The molecule has 1 amide bonds. The molecule has 132 valence electrons. The predicted molar refractivity (Wildman–Crippen MR) is 104 cm³/mol. The molecule has 1 aliphatic heterocycles. The molecule has 1 atom stereocenters. The second-order valence-corrected chi connectivity index (χ2v) is 7.31. The van der Waals surface area contributed by atoms with Crippen molar-refractivity contribution >= 4 is 23.2 Å². The maximum Gasteiger partial charge on any atom is 0.228 e. The molecule has 2 aromatic rings. The highest BCUT2D eigenvalue weighted by Gasteiger charge is 2.26. The van der Waals surface area contributed by atoms with Gasteiger partial charge in [0.1, 0.15) is 0 Å². The van der Waals surface area contributed by atoms with Crippen LogP contribution in [0.15, 0.2) is 42.5 Å². The molecule has 3 nitrogen and oxygen atoms in total. The van der Waals surface area contributed by atoms with Crippen LogP contribution in [0, 0.1) is 19.8 Å². The van der Waals surface area contributed by atoms with Crippen LogP contribution in [-0.4, -0.2) is 23.9 Å². The number of halogens is 1. The van der Waals surface area contributed by atoms with Gasteiger partial charge in [-0.1, -0.05) is 41.9 Å². The van der Waals surface area contributed by atoms with Gasteiger partial charge in [0.25, 0.3) is 0 Å².